The summed E-state index contributed by atoms with van der Waals surface area (Å²) in [5, 5.41) is 1.52. The van der Waals surface area contributed by atoms with Crippen LogP contribution in [0.25, 0.3) is 0 Å². The van der Waals surface area contributed by atoms with E-state index in [9.17, 15) is 9.59 Å². The summed E-state index contributed by atoms with van der Waals surface area (Å²) in [7, 11) is 1.82. The number of nitrogens with two attached hydrogens (primary N) is 1. The third kappa shape index (κ3) is 5.14. The number of carbonyl (C=O) groups is 2. The normalized spacial score (nSPS) is 17.9. The SMILES string of the molecule is CN(C(=O)c1ccc(Cl)cc1)[C@@H]1CCN(c2ccc(C(N)=O)cn2)C[C@H]1c1ccc(Cl)c(Cl)c1. The molecule has 1 saturated heterocycles. The van der Waals surface area contributed by atoms with Gasteiger partial charge in [0.05, 0.1) is 15.6 Å². The molecule has 2 amide bonds. The van der Waals surface area contributed by atoms with Gasteiger partial charge in [-0.1, -0.05) is 40.9 Å². The van der Waals surface area contributed by atoms with E-state index in [1.165, 1.54) is 6.20 Å². The van der Waals surface area contributed by atoms with Crippen LogP contribution in [-0.4, -0.2) is 47.9 Å². The lowest BCUT2D eigenvalue weighted by molar-refractivity contribution is 0.0687. The predicted octanol–water partition coefficient (Wildman–Crippen LogP) is 5.28. The van der Waals surface area contributed by atoms with Gasteiger partial charge in [0.2, 0.25) is 5.91 Å². The maximum absolute atomic E-state index is 13.3. The zero-order valence-electron chi connectivity index (χ0n) is 18.4. The maximum atomic E-state index is 13.3. The van der Waals surface area contributed by atoms with Crippen molar-refractivity contribution in [2.24, 2.45) is 5.73 Å². The van der Waals surface area contributed by atoms with Crippen LogP contribution in [0.15, 0.2) is 60.8 Å². The Morgan fingerprint density at radius 1 is 1.00 bits per heavy atom. The Balaban J connectivity index is 1.64. The summed E-state index contributed by atoms with van der Waals surface area (Å²) in [4.78, 5) is 33.0. The van der Waals surface area contributed by atoms with Crippen LogP contribution in [0.3, 0.4) is 0 Å². The number of hydrogen-bond donors (Lipinski definition) is 1. The number of primary amides is 1. The van der Waals surface area contributed by atoms with E-state index in [0.29, 0.717) is 45.7 Å². The lowest BCUT2D eigenvalue weighted by Gasteiger charge is -2.43. The van der Waals surface area contributed by atoms with E-state index in [1.807, 2.05) is 19.2 Å². The van der Waals surface area contributed by atoms with Gasteiger partial charge in [-0.2, -0.15) is 0 Å². The molecule has 1 aliphatic rings. The quantitative estimate of drug-likeness (QED) is 0.500. The van der Waals surface area contributed by atoms with Crippen molar-refractivity contribution in [3.8, 4) is 0 Å². The molecule has 0 radical (unpaired) electrons. The number of pyridine rings is 1. The molecular formula is C25H23Cl3N4O2. The molecule has 0 unspecified atom stereocenters. The highest BCUT2D eigenvalue weighted by Crippen LogP contribution is 2.35. The van der Waals surface area contributed by atoms with Gasteiger partial charge in [0.25, 0.3) is 5.91 Å². The molecular weight excluding hydrogens is 495 g/mol. The van der Waals surface area contributed by atoms with E-state index < -0.39 is 5.91 Å². The van der Waals surface area contributed by atoms with E-state index in [4.69, 9.17) is 40.5 Å². The van der Waals surface area contributed by atoms with Gasteiger partial charge in [-0.15, -0.1) is 0 Å². The van der Waals surface area contributed by atoms with Crippen LogP contribution in [-0.2, 0) is 0 Å². The molecule has 34 heavy (non-hydrogen) atoms. The molecule has 0 spiro atoms. The lowest BCUT2D eigenvalue weighted by Crippen LogP contribution is -2.50. The smallest absolute Gasteiger partial charge is 0.253 e. The van der Waals surface area contributed by atoms with E-state index in [1.54, 1.807) is 47.4 Å². The lowest BCUT2D eigenvalue weighted by atomic mass is 9.84. The number of nitrogens with zero attached hydrogens (tertiary/aromatic N) is 3. The first kappa shape index (κ1) is 24.3. The third-order valence-corrected chi connectivity index (χ3v) is 7.20. The fraction of sp³-hybridized carbons (Fsp3) is 0.240. The zero-order valence-corrected chi connectivity index (χ0v) is 20.7. The molecule has 0 aliphatic carbocycles. The van der Waals surface area contributed by atoms with Crippen molar-refractivity contribution >= 4 is 52.4 Å². The second-order valence-corrected chi connectivity index (χ2v) is 9.53. The van der Waals surface area contributed by atoms with Gasteiger partial charge in [0, 0.05) is 48.9 Å². The van der Waals surface area contributed by atoms with Crippen LogP contribution >= 0.6 is 34.8 Å². The highest BCUT2D eigenvalue weighted by Gasteiger charge is 2.36. The van der Waals surface area contributed by atoms with Gasteiger partial charge < -0.3 is 15.5 Å². The summed E-state index contributed by atoms with van der Waals surface area (Å²) in [6.07, 6.45) is 2.19. The van der Waals surface area contributed by atoms with Crippen molar-refractivity contribution in [2.45, 2.75) is 18.4 Å². The molecule has 3 aromatic rings. The minimum Gasteiger partial charge on any atom is -0.366 e. The molecule has 2 aromatic carbocycles. The van der Waals surface area contributed by atoms with Gasteiger partial charge in [0.15, 0.2) is 0 Å². The van der Waals surface area contributed by atoms with Crippen LogP contribution in [0.4, 0.5) is 5.82 Å². The summed E-state index contributed by atoms with van der Waals surface area (Å²) >= 11 is 18.5. The summed E-state index contributed by atoms with van der Waals surface area (Å²) < 4.78 is 0. The topological polar surface area (TPSA) is 79.5 Å². The Kier molecular flexibility index (Phi) is 7.31. The molecule has 4 rings (SSSR count). The summed E-state index contributed by atoms with van der Waals surface area (Å²) in [6.45, 7) is 1.29. The third-order valence-electron chi connectivity index (χ3n) is 6.21. The van der Waals surface area contributed by atoms with Crippen LogP contribution < -0.4 is 10.6 Å². The molecule has 176 valence electrons. The van der Waals surface area contributed by atoms with Crippen LogP contribution in [0.2, 0.25) is 15.1 Å². The van der Waals surface area contributed by atoms with E-state index in [-0.39, 0.29) is 17.9 Å². The maximum Gasteiger partial charge on any atom is 0.253 e. The molecule has 1 aromatic heterocycles. The second-order valence-electron chi connectivity index (χ2n) is 8.27. The predicted molar refractivity (Wildman–Crippen MR) is 136 cm³/mol. The number of halogens is 3. The standard InChI is InChI=1S/C25H23Cl3N4O2/c1-31(25(34)15-2-6-18(26)7-3-15)22-10-11-32(23-9-5-17(13-30-23)24(29)33)14-19(22)16-4-8-20(27)21(28)12-16/h2-9,12-13,19,22H,10-11,14H2,1H3,(H2,29,33)/t19-,22+/m0/s1. The molecule has 6 nitrogen and oxygen atoms in total. The number of benzene rings is 2. The Morgan fingerprint density at radius 2 is 1.71 bits per heavy atom. The number of likely N-dealkylation sites (N-methyl/N-ethyl adjacent to an activating group) is 1. The van der Waals surface area contributed by atoms with Gasteiger partial charge in [-0.3, -0.25) is 9.59 Å². The highest BCUT2D eigenvalue weighted by atomic mass is 35.5. The van der Waals surface area contributed by atoms with E-state index in [0.717, 1.165) is 11.4 Å². The van der Waals surface area contributed by atoms with Crippen LogP contribution in [0, 0.1) is 0 Å². The number of carbonyl (C=O) groups excluding carboxylic acids is 2. The molecule has 2 N–H and O–H groups in total. The Hall–Kier alpha value is -2.80. The van der Waals surface area contributed by atoms with Gasteiger partial charge >= 0.3 is 0 Å². The molecule has 0 bridgehead atoms. The van der Waals surface area contributed by atoms with Crippen molar-refractivity contribution in [1.29, 1.82) is 0 Å². The largest absolute Gasteiger partial charge is 0.366 e. The molecule has 0 saturated carbocycles. The first-order valence-corrected chi connectivity index (χ1v) is 11.9. The average molecular weight is 518 g/mol. The molecule has 2 atom stereocenters. The number of hydrogen-bond acceptors (Lipinski definition) is 4. The summed E-state index contributed by atoms with van der Waals surface area (Å²) in [5.41, 5.74) is 7.25. The summed E-state index contributed by atoms with van der Waals surface area (Å²) in [6, 6.07) is 15.8. The number of amides is 2. The molecule has 2 heterocycles. The van der Waals surface area contributed by atoms with Gasteiger partial charge in [-0.05, 0) is 60.5 Å². The van der Waals surface area contributed by atoms with Crippen molar-refractivity contribution in [2.75, 3.05) is 25.0 Å². The number of anilines is 1. The highest BCUT2D eigenvalue weighted by molar-refractivity contribution is 6.42. The first-order valence-electron chi connectivity index (χ1n) is 10.7. The van der Waals surface area contributed by atoms with Crippen molar-refractivity contribution in [1.82, 2.24) is 9.88 Å². The molecule has 1 aliphatic heterocycles. The van der Waals surface area contributed by atoms with Crippen LogP contribution in [0.5, 0.6) is 0 Å². The van der Waals surface area contributed by atoms with E-state index >= 15 is 0 Å². The molecule has 1 fully saturated rings. The zero-order chi connectivity index (χ0) is 24.4. The van der Waals surface area contributed by atoms with Crippen LogP contribution in [0.1, 0.15) is 38.6 Å². The minimum absolute atomic E-state index is 0.0533. The minimum atomic E-state index is -0.520. The van der Waals surface area contributed by atoms with E-state index in [2.05, 4.69) is 9.88 Å². The number of piperidine rings is 1. The Morgan fingerprint density at radius 3 is 2.32 bits per heavy atom. The fourth-order valence-corrected chi connectivity index (χ4v) is 4.78. The van der Waals surface area contributed by atoms with Gasteiger partial charge in [0.1, 0.15) is 5.82 Å². The monoisotopic (exact) mass is 516 g/mol. The average Bonchev–Trinajstić information content (AvgIpc) is 2.85. The summed E-state index contributed by atoms with van der Waals surface area (Å²) in [5.74, 6) is 0.0838. The second kappa shape index (κ2) is 10.2. The number of rotatable bonds is 5. The Labute approximate surface area is 213 Å². The van der Waals surface area contributed by atoms with Crippen molar-refractivity contribution < 1.29 is 9.59 Å². The van der Waals surface area contributed by atoms with Crippen molar-refractivity contribution in [3.05, 3.63) is 92.6 Å². The van der Waals surface area contributed by atoms with Crippen molar-refractivity contribution in [3.63, 3.8) is 0 Å². The first-order chi connectivity index (χ1) is 16.2. The fourth-order valence-electron chi connectivity index (χ4n) is 4.35. The number of aromatic nitrogens is 1. The Bertz CT molecular complexity index is 1200. The van der Waals surface area contributed by atoms with Gasteiger partial charge in [-0.25, -0.2) is 4.98 Å². The molecule has 9 heteroatoms.